The molecule has 3 nitrogen and oxygen atoms in total. The molecule has 1 aliphatic rings. The molecule has 1 rings (SSSR count). The van der Waals surface area contributed by atoms with E-state index in [2.05, 4.69) is 0 Å². The number of aliphatic hydroxyl groups excluding tert-OH is 2. The summed E-state index contributed by atoms with van der Waals surface area (Å²) in [5.74, 6) is 0. The van der Waals surface area contributed by atoms with E-state index in [0.717, 1.165) is 0 Å². The summed E-state index contributed by atoms with van der Waals surface area (Å²) in [7, 11) is 1.59. The zero-order valence-electron chi connectivity index (χ0n) is 5.45. The van der Waals surface area contributed by atoms with Crippen LogP contribution in [0.1, 0.15) is 12.8 Å². The van der Waals surface area contributed by atoms with E-state index in [9.17, 15) is 0 Å². The summed E-state index contributed by atoms with van der Waals surface area (Å²) in [5.41, 5.74) is 0. The summed E-state index contributed by atoms with van der Waals surface area (Å²) < 4.78 is 4.93. The summed E-state index contributed by atoms with van der Waals surface area (Å²) in [4.78, 5) is 0. The van der Waals surface area contributed by atoms with Crippen LogP contribution in [0.5, 0.6) is 0 Å². The van der Waals surface area contributed by atoms with Gasteiger partial charge in [0.1, 0.15) is 0 Å². The average molecular weight is 132 g/mol. The van der Waals surface area contributed by atoms with Gasteiger partial charge in [-0.3, -0.25) is 0 Å². The fourth-order valence-corrected chi connectivity index (χ4v) is 1.14. The second kappa shape index (κ2) is 2.64. The number of ether oxygens (including phenoxy) is 1. The Morgan fingerprint density at radius 1 is 1.22 bits per heavy atom. The largest absolute Gasteiger partial charge is 0.390 e. The van der Waals surface area contributed by atoms with Crippen LogP contribution >= 0.6 is 0 Å². The molecular formula is C6H12O3. The highest BCUT2D eigenvalue weighted by Crippen LogP contribution is 2.21. The van der Waals surface area contributed by atoms with Gasteiger partial charge >= 0.3 is 0 Å². The molecule has 0 aliphatic heterocycles. The summed E-state index contributed by atoms with van der Waals surface area (Å²) in [6, 6.07) is 0. The molecule has 54 valence electrons. The van der Waals surface area contributed by atoms with Gasteiger partial charge in [0.2, 0.25) is 0 Å². The molecule has 2 N–H and O–H groups in total. The standard InChI is InChI=1S/C6H12O3/c1-9-4-2-5(7)6(8)3-4/h4-8H,2-3H2,1H3/t5-,6-/m1/s1. The van der Waals surface area contributed by atoms with Crippen LogP contribution in [0.2, 0.25) is 0 Å². The van der Waals surface area contributed by atoms with Gasteiger partial charge in [0, 0.05) is 20.0 Å². The van der Waals surface area contributed by atoms with Crippen molar-refractivity contribution in [2.75, 3.05) is 7.11 Å². The first kappa shape index (κ1) is 6.99. The molecule has 0 spiro atoms. The van der Waals surface area contributed by atoms with Crippen molar-refractivity contribution in [3.63, 3.8) is 0 Å². The zero-order valence-corrected chi connectivity index (χ0v) is 5.45. The molecule has 0 heterocycles. The summed E-state index contributed by atoms with van der Waals surface area (Å²) >= 11 is 0. The number of rotatable bonds is 1. The predicted octanol–water partition coefficient (Wildman–Crippen LogP) is -0.483. The lowest BCUT2D eigenvalue weighted by atomic mass is 10.3. The van der Waals surface area contributed by atoms with Crippen LogP contribution in [0.15, 0.2) is 0 Å². The lowest BCUT2D eigenvalue weighted by molar-refractivity contribution is 0.0438. The minimum atomic E-state index is -0.574. The molecular weight excluding hydrogens is 120 g/mol. The Morgan fingerprint density at radius 3 is 1.89 bits per heavy atom. The first-order chi connectivity index (χ1) is 4.24. The van der Waals surface area contributed by atoms with Crippen molar-refractivity contribution in [1.82, 2.24) is 0 Å². The fraction of sp³-hybridized carbons (Fsp3) is 1.00. The van der Waals surface area contributed by atoms with E-state index in [4.69, 9.17) is 14.9 Å². The molecule has 2 atom stereocenters. The van der Waals surface area contributed by atoms with Gasteiger partial charge in [-0.1, -0.05) is 0 Å². The smallest absolute Gasteiger partial charge is 0.0824 e. The maximum absolute atomic E-state index is 8.97. The first-order valence-corrected chi connectivity index (χ1v) is 3.13. The van der Waals surface area contributed by atoms with Crippen LogP contribution < -0.4 is 0 Å². The molecule has 0 aromatic carbocycles. The highest BCUT2D eigenvalue weighted by Gasteiger charge is 2.30. The van der Waals surface area contributed by atoms with Crippen molar-refractivity contribution < 1.29 is 14.9 Å². The van der Waals surface area contributed by atoms with Crippen LogP contribution in [-0.4, -0.2) is 35.6 Å². The SMILES string of the molecule is COC1C[C@@H](O)[C@H](O)C1. The van der Waals surface area contributed by atoms with E-state index < -0.39 is 12.2 Å². The van der Waals surface area contributed by atoms with Crippen molar-refractivity contribution in [1.29, 1.82) is 0 Å². The molecule has 0 saturated heterocycles. The van der Waals surface area contributed by atoms with Crippen molar-refractivity contribution in [2.24, 2.45) is 0 Å². The van der Waals surface area contributed by atoms with E-state index in [1.165, 1.54) is 0 Å². The van der Waals surface area contributed by atoms with Gasteiger partial charge in [0.15, 0.2) is 0 Å². The van der Waals surface area contributed by atoms with Crippen LogP contribution in [0.4, 0.5) is 0 Å². The Morgan fingerprint density at radius 2 is 1.67 bits per heavy atom. The minimum absolute atomic E-state index is 0.0509. The molecule has 0 aromatic heterocycles. The molecule has 0 bridgehead atoms. The molecule has 0 unspecified atom stereocenters. The van der Waals surface area contributed by atoms with Gasteiger partial charge in [0.25, 0.3) is 0 Å². The molecule has 1 fully saturated rings. The quantitative estimate of drug-likeness (QED) is 0.506. The normalized spacial score (nSPS) is 37.7. The van der Waals surface area contributed by atoms with Crippen molar-refractivity contribution >= 4 is 0 Å². The molecule has 0 amide bonds. The molecule has 0 radical (unpaired) electrons. The second-order valence-corrected chi connectivity index (χ2v) is 2.46. The lowest BCUT2D eigenvalue weighted by Gasteiger charge is -2.03. The Hall–Kier alpha value is -0.120. The number of hydrogen-bond donors (Lipinski definition) is 2. The first-order valence-electron chi connectivity index (χ1n) is 3.13. The predicted molar refractivity (Wildman–Crippen MR) is 32.0 cm³/mol. The molecule has 3 heteroatoms. The Bertz CT molecular complexity index is 84.3. The third-order valence-electron chi connectivity index (χ3n) is 1.79. The van der Waals surface area contributed by atoms with E-state index >= 15 is 0 Å². The van der Waals surface area contributed by atoms with Gasteiger partial charge in [-0.05, 0) is 0 Å². The third-order valence-corrected chi connectivity index (χ3v) is 1.79. The lowest BCUT2D eigenvalue weighted by Crippen LogP contribution is -2.17. The van der Waals surface area contributed by atoms with Gasteiger partial charge < -0.3 is 14.9 Å². The second-order valence-electron chi connectivity index (χ2n) is 2.46. The van der Waals surface area contributed by atoms with Gasteiger partial charge in [-0.25, -0.2) is 0 Å². The third kappa shape index (κ3) is 1.41. The van der Waals surface area contributed by atoms with E-state index in [1.54, 1.807) is 7.11 Å². The molecule has 1 saturated carbocycles. The van der Waals surface area contributed by atoms with Crippen LogP contribution in [0.3, 0.4) is 0 Å². The molecule has 0 aromatic rings. The zero-order chi connectivity index (χ0) is 6.85. The van der Waals surface area contributed by atoms with E-state index in [-0.39, 0.29) is 6.10 Å². The summed E-state index contributed by atoms with van der Waals surface area (Å²) in [5, 5.41) is 17.9. The van der Waals surface area contributed by atoms with Gasteiger partial charge in [-0.15, -0.1) is 0 Å². The fourth-order valence-electron chi connectivity index (χ4n) is 1.14. The molecule has 1 aliphatic carbocycles. The van der Waals surface area contributed by atoms with Crippen LogP contribution in [-0.2, 0) is 4.74 Å². The van der Waals surface area contributed by atoms with Crippen LogP contribution in [0.25, 0.3) is 0 Å². The summed E-state index contributed by atoms with van der Waals surface area (Å²) in [6.45, 7) is 0. The van der Waals surface area contributed by atoms with Crippen molar-refractivity contribution in [2.45, 2.75) is 31.2 Å². The minimum Gasteiger partial charge on any atom is -0.390 e. The maximum atomic E-state index is 8.97. The number of aliphatic hydroxyl groups is 2. The Kier molecular flexibility index (Phi) is 2.05. The monoisotopic (exact) mass is 132 g/mol. The summed E-state index contributed by atoms with van der Waals surface area (Å²) in [6.07, 6.45) is 0.0369. The topological polar surface area (TPSA) is 49.7 Å². The van der Waals surface area contributed by atoms with Crippen molar-refractivity contribution in [3.05, 3.63) is 0 Å². The van der Waals surface area contributed by atoms with Gasteiger partial charge in [0.05, 0.1) is 18.3 Å². The number of hydrogen-bond acceptors (Lipinski definition) is 3. The van der Waals surface area contributed by atoms with E-state index in [1.807, 2.05) is 0 Å². The number of methoxy groups -OCH3 is 1. The highest BCUT2D eigenvalue weighted by molar-refractivity contribution is 4.82. The average Bonchev–Trinajstić information content (AvgIpc) is 2.13. The Labute approximate surface area is 54.3 Å². The van der Waals surface area contributed by atoms with Gasteiger partial charge in [-0.2, -0.15) is 0 Å². The van der Waals surface area contributed by atoms with Crippen LogP contribution in [0, 0.1) is 0 Å². The molecule has 9 heavy (non-hydrogen) atoms. The van der Waals surface area contributed by atoms with E-state index in [0.29, 0.717) is 12.8 Å². The Balaban J connectivity index is 2.35. The maximum Gasteiger partial charge on any atom is 0.0824 e. The highest BCUT2D eigenvalue weighted by atomic mass is 16.5. The van der Waals surface area contributed by atoms with Crippen molar-refractivity contribution in [3.8, 4) is 0 Å².